The summed E-state index contributed by atoms with van der Waals surface area (Å²) in [6.07, 6.45) is 8.96. The third kappa shape index (κ3) is 5.00. The van der Waals surface area contributed by atoms with E-state index in [9.17, 15) is 0 Å². The second kappa shape index (κ2) is 6.93. The van der Waals surface area contributed by atoms with Crippen molar-refractivity contribution in [1.82, 2.24) is 0 Å². The monoisotopic (exact) mass is 224 g/mol. The number of hydrogen-bond donors (Lipinski definition) is 1. The second-order valence-corrected chi connectivity index (χ2v) is 5.71. The second-order valence-electron chi connectivity index (χ2n) is 5.71. The summed E-state index contributed by atoms with van der Waals surface area (Å²) in [5.41, 5.74) is 6.06. The van der Waals surface area contributed by atoms with Crippen molar-refractivity contribution in [3.63, 3.8) is 0 Å². The first-order valence-electron chi connectivity index (χ1n) is 6.92. The minimum Gasteiger partial charge on any atom is -0.387 e. The zero-order valence-electron chi connectivity index (χ0n) is 11.2. The molecule has 1 aliphatic carbocycles. The smallest absolute Gasteiger partial charge is 0.0971 e. The molecular formula is C14H28N2. The Balaban J connectivity index is 2.25. The maximum Gasteiger partial charge on any atom is 0.0971 e. The Morgan fingerprint density at radius 1 is 1.19 bits per heavy atom. The van der Waals surface area contributed by atoms with Crippen molar-refractivity contribution in [2.45, 2.75) is 71.8 Å². The highest BCUT2D eigenvalue weighted by Gasteiger charge is 2.18. The number of aliphatic imine (C=N–C) groups is 1. The molecule has 0 amide bonds. The van der Waals surface area contributed by atoms with Gasteiger partial charge in [-0.3, -0.25) is 4.99 Å². The van der Waals surface area contributed by atoms with Crippen molar-refractivity contribution in [2.75, 3.05) is 0 Å². The van der Waals surface area contributed by atoms with Gasteiger partial charge in [0.1, 0.15) is 0 Å². The first-order chi connectivity index (χ1) is 7.59. The van der Waals surface area contributed by atoms with Crippen LogP contribution in [0.3, 0.4) is 0 Å². The summed E-state index contributed by atoms with van der Waals surface area (Å²) >= 11 is 0. The van der Waals surface area contributed by atoms with E-state index in [4.69, 9.17) is 5.73 Å². The zero-order chi connectivity index (χ0) is 12.0. The Hall–Kier alpha value is -0.530. The van der Waals surface area contributed by atoms with Crippen LogP contribution in [0.4, 0.5) is 0 Å². The van der Waals surface area contributed by atoms with Gasteiger partial charge in [-0.15, -0.1) is 0 Å². The molecule has 94 valence electrons. The van der Waals surface area contributed by atoms with Crippen LogP contribution in [0.15, 0.2) is 4.99 Å². The molecule has 1 atom stereocenters. The van der Waals surface area contributed by atoms with Crippen LogP contribution < -0.4 is 5.73 Å². The average Bonchev–Trinajstić information content (AvgIpc) is 2.69. The lowest BCUT2D eigenvalue weighted by Gasteiger charge is -2.13. The molecule has 2 heteroatoms. The third-order valence-electron chi connectivity index (χ3n) is 3.55. The highest BCUT2D eigenvalue weighted by Crippen LogP contribution is 2.25. The quantitative estimate of drug-likeness (QED) is 0.541. The van der Waals surface area contributed by atoms with Gasteiger partial charge in [0.15, 0.2) is 0 Å². The lowest BCUT2D eigenvalue weighted by molar-refractivity contribution is 0.510. The van der Waals surface area contributed by atoms with Gasteiger partial charge in [0, 0.05) is 12.0 Å². The maximum absolute atomic E-state index is 6.06. The Morgan fingerprint density at radius 2 is 1.81 bits per heavy atom. The van der Waals surface area contributed by atoms with E-state index in [2.05, 4.69) is 25.8 Å². The number of hydrogen-bond acceptors (Lipinski definition) is 1. The molecule has 0 saturated heterocycles. The van der Waals surface area contributed by atoms with E-state index in [1.54, 1.807) is 0 Å². The highest BCUT2D eigenvalue weighted by atomic mass is 14.9. The van der Waals surface area contributed by atoms with Crippen LogP contribution in [0.1, 0.15) is 65.7 Å². The summed E-state index contributed by atoms with van der Waals surface area (Å²) in [6, 6.07) is 0.416. The van der Waals surface area contributed by atoms with Crippen molar-refractivity contribution in [3.05, 3.63) is 0 Å². The molecule has 0 heterocycles. The van der Waals surface area contributed by atoms with E-state index in [1.807, 2.05) is 0 Å². The van der Waals surface area contributed by atoms with Gasteiger partial charge < -0.3 is 5.73 Å². The lowest BCUT2D eigenvalue weighted by Crippen LogP contribution is -2.23. The normalized spacial score (nSPS) is 20.6. The van der Waals surface area contributed by atoms with Crippen molar-refractivity contribution in [3.8, 4) is 0 Å². The van der Waals surface area contributed by atoms with E-state index < -0.39 is 0 Å². The van der Waals surface area contributed by atoms with Gasteiger partial charge >= 0.3 is 0 Å². The van der Waals surface area contributed by atoms with Gasteiger partial charge in [-0.05, 0) is 32.1 Å². The molecule has 0 aliphatic heterocycles. The molecule has 1 aliphatic rings. The van der Waals surface area contributed by atoms with E-state index in [0.29, 0.717) is 12.0 Å². The first-order valence-corrected chi connectivity index (χ1v) is 6.92. The number of nitrogens with zero attached hydrogens (tertiary/aromatic N) is 1. The van der Waals surface area contributed by atoms with Gasteiger partial charge in [0.25, 0.3) is 0 Å². The molecule has 2 nitrogen and oxygen atoms in total. The van der Waals surface area contributed by atoms with Crippen molar-refractivity contribution >= 4 is 5.84 Å². The van der Waals surface area contributed by atoms with Gasteiger partial charge in [0.2, 0.25) is 0 Å². The van der Waals surface area contributed by atoms with Gasteiger partial charge in [-0.25, -0.2) is 0 Å². The maximum atomic E-state index is 6.06. The van der Waals surface area contributed by atoms with Gasteiger partial charge in [-0.2, -0.15) is 0 Å². The summed E-state index contributed by atoms with van der Waals surface area (Å²) in [6.45, 7) is 6.75. The first kappa shape index (κ1) is 13.5. The van der Waals surface area contributed by atoms with Crippen LogP contribution in [-0.2, 0) is 0 Å². The SMILES string of the molecule is CC(C)CCCC(C)N=C(N)C1CCCC1. The van der Waals surface area contributed by atoms with E-state index in [1.165, 1.54) is 44.9 Å². The molecular weight excluding hydrogens is 196 g/mol. The topological polar surface area (TPSA) is 38.4 Å². The van der Waals surface area contributed by atoms with Crippen molar-refractivity contribution < 1.29 is 0 Å². The molecule has 2 N–H and O–H groups in total. The molecule has 1 saturated carbocycles. The molecule has 0 bridgehead atoms. The summed E-state index contributed by atoms with van der Waals surface area (Å²) in [7, 11) is 0. The predicted molar refractivity (Wildman–Crippen MR) is 71.7 cm³/mol. The van der Waals surface area contributed by atoms with Gasteiger partial charge in [0.05, 0.1) is 5.84 Å². The number of nitrogens with two attached hydrogens (primary N) is 1. The largest absolute Gasteiger partial charge is 0.387 e. The van der Waals surface area contributed by atoms with Crippen LogP contribution >= 0.6 is 0 Å². The van der Waals surface area contributed by atoms with Crippen LogP contribution in [0.2, 0.25) is 0 Å². The van der Waals surface area contributed by atoms with Crippen LogP contribution in [0, 0.1) is 11.8 Å². The molecule has 0 aromatic heterocycles. The standard InChI is InChI=1S/C14H28N2/c1-11(2)7-6-8-12(3)16-14(15)13-9-4-5-10-13/h11-13H,4-10H2,1-3H3,(H2,15,16). The average molecular weight is 224 g/mol. The Morgan fingerprint density at radius 3 is 2.38 bits per heavy atom. The summed E-state index contributed by atoms with van der Waals surface area (Å²) in [5, 5.41) is 0. The molecule has 0 spiro atoms. The Bertz CT molecular complexity index is 215. The van der Waals surface area contributed by atoms with E-state index >= 15 is 0 Å². The van der Waals surface area contributed by atoms with E-state index in [-0.39, 0.29) is 0 Å². The fraction of sp³-hybridized carbons (Fsp3) is 0.929. The molecule has 0 aromatic rings. The fourth-order valence-corrected chi connectivity index (χ4v) is 2.47. The predicted octanol–water partition coefficient (Wildman–Crippen LogP) is 3.75. The Kier molecular flexibility index (Phi) is 5.86. The number of amidine groups is 1. The van der Waals surface area contributed by atoms with Crippen LogP contribution in [0.25, 0.3) is 0 Å². The molecule has 1 unspecified atom stereocenters. The molecule has 0 aromatic carbocycles. The summed E-state index contributed by atoms with van der Waals surface area (Å²) in [4.78, 5) is 4.65. The minimum atomic E-state index is 0.416. The summed E-state index contributed by atoms with van der Waals surface area (Å²) < 4.78 is 0. The molecule has 1 rings (SSSR count). The zero-order valence-corrected chi connectivity index (χ0v) is 11.2. The fourth-order valence-electron chi connectivity index (χ4n) is 2.47. The van der Waals surface area contributed by atoms with Crippen molar-refractivity contribution in [2.24, 2.45) is 22.6 Å². The van der Waals surface area contributed by atoms with Crippen LogP contribution in [-0.4, -0.2) is 11.9 Å². The van der Waals surface area contributed by atoms with Crippen molar-refractivity contribution in [1.29, 1.82) is 0 Å². The number of rotatable bonds is 6. The molecule has 16 heavy (non-hydrogen) atoms. The van der Waals surface area contributed by atoms with Gasteiger partial charge in [-0.1, -0.05) is 39.5 Å². The minimum absolute atomic E-state index is 0.416. The van der Waals surface area contributed by atoms with Crippen LogP contribution in [0.5, 0.6) is 0 Å². The molecule has 0 radical (unpaired) electrons. The lowest BCUT2D eigenvalue weighted by atomic mass is 10.0. The Labute approximate surface area is 101 Å². The highest BCUT2D eigenvalue weighted by molar-refractivity contribution is 5.83. The molecule has 1 fully saturated rings. The van der Waals surface area contributed by atoms with E-state index in [0.717, 1.165) is 11.8 Å². The third-order valence-corrected chi connectivity index (χ3v) is 3.55. The summed E-state index contributed by atoms with van der Waals surface area (Å²) in [5.74, 6) is 2.32.